The Bertz CT molecular complexity index is 317. The minimum absolute atomic E-state index is 0.137. The standard InChI is InChI=1S/C10H13NO3/c1-10(2,13)7-14-9-3-4-11-5-8(9)6-12/h3-6,13H,7H2,1-2H3. The SMILES string of the molecule is CC(C)(O)COc1ccncc1C=O. The zero-order valence-electron chi connectivity index (χ0n) is 8.23. The largest absolute Gasteiger partial charge is 0.490 e. The summed E-state index contributed by atoms with van der Waals surface area (Å²) in [5.41, 5.74) is -0.527. The number of aromatic nitrogens is 1. The summed E-state index contributed by atoms with van der Waals surface area (Å²) in [6.07, 6.45) is 3.63. The second-order valence-corrected chi connectivity index (χ2v) is 3.63. The van der Waals surface area contributed by atoms with Crippen molar-refractivity contribution in [1.29, 1.82) is 0 Å². The molecule has 0 radical (unpaired) electrons. The van der Waals surface area contributed by atoms with E-state index in [0.717, 1.165) is 0 Å². The highest BCUT2D eigenvalue weighted by Crippen LogP contribution is 2.15. The van der Waals surface area contributed by atoms with Gasteiger partial charge in [0.25, 0.3) is 0 Å². The maximum atomic E-state index is 10.6. The van der Waals surface area contributed by atoms with Crippen LogP contribution < -0.4 is 4.74 Å². The molecule has 0 aliphatic heterocycles. The van der Waals surface area contributed by atoms with Crippen LogP contribution in [0.15, 0.2) is 18.5 Å². The van der Waals surface area contributed by atoms with Gasteiger partial charge in [-0.05, 0) is 19.9 Å². The summed E-state index contributed by atoms with van der Waals surface area (Å²) in [6.45, 7) is 3.40. The van der Waals surface area contributed by atoms with Crippen LogP contribution in [0, 0.1) is 0 Å². The van der Waals surface area contributed by atoms with Crippen LogP contribution in [-0.2, 0) is 0 Å². The highest BCUT2D eigenvalue weighted by atomic mass is 16.5. The molecule has 0 bridgehead atoms. The Hall–Kier alpha value is -1.42. The number of hydrogen-bond acceptors (Lipinski definition) is 4. The van der Waals surface area contributed by atoms with Crippen LogP contribution in [0.1, 0.15) is 24.2 Å². The Morgan fingerprint density at radius 1 is 1.64 bits per heavy atom. The predicted molar refractivity (Wildman–Crippen MR) is 51.4 cm³/mol. The van der Waals surface area contributed by atoms with E-state index >= 15 is 0 Å². The van der Waals surface area contributed by atoms with Crippen molar-refractivity contribution in [2.24, 2.45) is 0 Å². The third kappa shape index (κ3) is 3.14. The highest BCUT2D eigenvalue weighted by molar-refractivity contribution is 5.78. The van der Waals surface area contributed by atoms with Crippen LogP contribution >= 0.6 is 0 Å². The van der Waals surface area contributed by atoms with E-state index in [0.29, 0.717) is 17.6 Å². The lowest BCUT2D eigenvalue weighted by molar-refractivity contribution is 0.0281. The molecule has 1 heterocycles. The lowest BCUT2D eigenvalue weighted by Gasteiger charge is -2.18. The summed E-state index contributed by atoms with van der Waals surface area (Å²) in [6, 6.07) is 1.59. The van der Waals surface area contributed by atoms with Gasteiger partial charge in [0, 0.05) is 12.4 Å². The van der Waals surface area contributed by atoms with Crippen LogP contribution in [0.3, 0.4) is 0 Å². The molecule has 4 heteroatoms. The zero-order valence-corrected chi connectivity index (χ0v) is 8.23. The molecule has 76 valence electrons. The summed E-state index contributed by atoms with van der Waals surface area (Å²) in [5, 5.41) is 9.41. The quantitative estimate of drug-likeness (QED) is 0.729. The summed E-state index contributed by atoms with van der Waals surface area (Å²) >= 11 is 0. The maximum absolute atomic E-state index is 10.6. The number of pyridine rings is 1. The number of hydrogen-bond donors (Lipinski definition) is 1. The minimum atomic E-state index is -0.913. The van der Waals surface area contributed by atoms with Crippen LogP contribution in [0.4, 0.5) is 0 Å². The molecule has 1 N–H and O–H groups in total. The van der Waals surface area contributed by atoms with Crippen LogP contribution in [0.25, 0.3) is 0 Å². The smallest absolute Gasteiger partial charge is 0.155 e. The summed E-state index contributed by atoms with van der Waals surface area (Å²) in [7, 11) is 0. The number of nitrogens with zero attached hydrogens (tertiary/aromatic N) is 1. The molecule has 0 aromatic carbocycles. The Balaban J connectivity index is 2.71. The van der Waals surface area contributed by atoms with E-state index in [1.54, 1.807) is 19.9 Å². The van der Waals surface area contributed by atoms with Crippen molar-refractivity contribution < 1.29 is 14.6 Å². The Kier molecular flexibility index (Phi) is 3.19. The van der Waals surface area contributed by atoms with E-state index in [1.165, 1.54) is 12.4 Å². The summed E-state index contributed by atoms with van der Waals surface area (Å²) in [5.74, 6) is 0.442. The first-order chi connectivity index (χ1) is 6.53. The van der Waals surface area contributed by atoms with Crippen molar-refractivity contribution in [3.05, 3.63) is 24.0 Å². The fourth-order valence-corrected chi connectivity index (χ4v) is 0.868. The normalized spacial score (nSPS) is 11.1. The van der Waals surface area contributed by atoms with Gasteiger partial charge in [0.15, 0.2) is 6.29 Å². The molecule has 14 heavy (non-hydrogen) atoms. The molecule has 4 nitrogen and oxygen atoms in total. The number of aldehydes is 1. The van der Waals surface area contributed by atoms with Crippen LogP contribution in [0.2, 0.25) is 0 Å². The van der Waals surface area contributed by atoms with Crippen molar-refractivity contribution in [3.63, 3.8) is 0 Å². The molecule has 0 unspecified atom stereocenters. The van der Waals surface area contributed by atoms with Gasteiger partial charge < -0.3 is 9.84 Å². The fraction of sp³-hybridized carbons (Fsp3) is 0.400. The average Bonchev–Trinajstić information content (AvgIpc) is 2.14. The molecular formula is C10H13NO3. The van der Waals surface area contributed by atoms with Gasteiger partial charge in [0.05, 0.1) is 11.2 Å². The van der Waals surface area contributed by atoms with Crippen molar-refractivity contribution in [1.82, 2.24) is 4.98 Å². The molecule has 0 atom stereocenters. The number of rotatable bonds is 4. The zero-order chi connectivity index (χ0) is 10.6. The van der Waals surface area contributed by atoms with Crippen molar-refractivity contribution in [2.45, 2.75) is 19.4 Å². The monoisotopic (exact) mass is 195 g/mol. The molecular weight excluding hydrogens is 182 g/mol. The first kappa shape index (κ1) is 10.7. The van der Waals surface area contributed by atoms with E-state index in [4.69, 9.17) is 4.74 Å². The average molecular weight is 195 g/mol. The molecule has 0 aliphatic carbocycles. The molecule has 0 spiro atoms. The van der Waals surface area contributed by atoms with Gasteiger partial charge >= 0.3 is 0 Å². The molecule has 0 saturated carbocycles. The van der Waals surface area contributed by atoms with E-state index in [9.17, 15) is 9.90 Å². The minimum Gasteiger partial charge on any atom is -0.490 e. The van der Waals surface area contributed by atoms with Gasteiger partial charge in [-0.3, -0.25) is 9.78 Å². The topological polar surface area (TPSA) is 59.4 Å². The second kappa shape index (κ2) is 4.19. The second-order valence-electron chi connectivity index (χ2n) is 3.63. The molecule has 0 saturated heterocycles. The number of carbonyl (C=O) groups excluding carboxylic acids is 1. The van der Waals surface area contributed by atoms with Crippen molar-refractivity contribution in [2.75, 3.05) is 6.61 Å². The van der Waals surface area contributed by atoms with Gasteiger partial charge in [0.1, 0.15) is 12.4 Å². The molecule has 0 amide bonds. The van der Waals surface area contributed by atoms with E-state index in [1.807, 2.05) is 0 Å². The summed E-state index contributed by atoms with van der Waals surface area (Å²) in [4.78, 5) is 14.4. The molecule has 1 aromatic rings. The molecule has 0 fully saturated rings. The predicted octanol–water partition coefficient (Wildman–Crippen LogP) is 1.04. The van der Waals surface area contributed by atoms with Crippen LogP contribution in [0.5, 0.6) is 5.75 Å². The lowest BCUT2D eigenvalue weighted by Crippen LogP contribution is -2.28. The third-order valence-corrected chi connectivity index (χ3v) is 1.52. The van der Waals surface area contributed by atoms with Crippen molar-refractivity contribution in [3.8, 4) is 5.75 Å². The van der Waals surface area contributed by atoms with Gasteiger partial charge in [-0.15, -0.1) is 0 Å². The van der Waals surface area contributed by atoms with Gasteiger partial charge in [-0.25, -0.2) is 0 Å². The summed E-state index contributed by atoms with van der Waals surface area (Å²) < 4.78 is 5.27. The first-order valence-corrected chi connectivity index (χ1v) is 4.27. The lowest BCUT2D eigenvalue weighted by atomic mass is 10.2. The van der Waals surface area contributed by atoms with E-state index in [-0.39, 0.29) is 6.61 Å². The van der Waals surface area contributed by atoms with Crippen molar-refractivity contribution >= 4 is 6.29 Å². The Labute approximate surface area is 82.5 Å². The number of ether oxygens (including phenoxy) is 1. The van der Waals surface area contributed by atoms with Gasteiger partial charge in [-0.2, -0.15) is 0 Å². The highest BCUT2D eigenvalue weighted by Gasteiger charge is 2.14. The number of carbonyl (C=O) groups is 1. The third-order valence-electron chi connectivity index (χ3n) is 1.52. The van der Waals surface area contributed by atoms with E-state index in [2.05, 4.69) is 4.98 Å². The maximum Gasteiger partial charge on any atom is 0.155 e. The van der Waals surface area contributed by atoms with Gasteiger partial charge in [0.2, 0.25) is 0 Å². The fourth-order valence-electron chi connectivity index (χ4n) is 0.868. The van der Waals surface area contributed by atoms with Crippen LogP contribution in [-0.4, -0.2) is 28.6 Å². The van der Waals surface area contributed by atoms with Gasteiger partial charge in [-0.1, -0.05) is 0 Å². The Morgan fingerprint density at radius 3 is 2.93 bits per heavy atom. The Morgan fingerprint density at radius 2 is 2.36 bits per heavy atom. The first-order valence-electron chi connectivity index (χ1n) is 4.27. The molecule has 1 rings (SSSR count). The molecule has 1 aromatic heterocycles. The molecule has 0 aliphatic rings. The number of aliphatic hydroxyl groups is 1. The van der Waals surface area contributed by atoms with E-state index < -0.39 is 5.60 Å².